The Kier molecular flexibility index (Phi) is 2.89. The van der Waals surface area contributed by atoms with Gasteiger partial charge in [-0.05, 0) is 36.8 Å². The molecule has 0 unspecified atom stereocenters. The molecule has 5 nitrogen and oxygen atoms in total. The Labute approximate surface area is 103 Å². The molecule has 92 valence electrons. The zero-order valence-corrected chi connectivity index (χ0v) is 9.75. The standard InChI is InChI=1S/C13H12N2O3/c1-8-9(13(17)18)4-2-6-11(8)15-7-3-5-10(14)12(15)16/h2-7H,14H2,1H3,(H,17,18). The first-order valence-electron chi connectivity index (χ1n) is 5.33. The van der Waals surface area contributed by atoms with Crippen LogP contribution in [0.3, 0.4) is 0 Å². The number of benzene rings is 1. The van der Waals surface area contributed by atoms with Crippen molar-refractivity contribution in [3.63, 3.8) is 0 Å². The van der Waals surface area contributed by atoms with Gasteiger partial charge in [-0.1, -0.05) is 6.07 Å². The molecule has 18 heavy (non-hydrogen) atoms. The van der Waals surface area contributed by atoms with E-state index in [2.05, 4.69) is 0 Å². The van der Waals surface area contributed by atoms with E-state index in [-0.39, 0.29) is 16.8 Å². The van der Waals surface area contributed by atoms with Crippen LogP contribution in [0.15, 0.2) is 41.3 Å². The minimum absolute atomic E-state index is 0.123. The number of carbonyl (C=O) groups is 1. The number of aromatic nitrogens is 1. The fourth-order valence-electron chi connectivity index (χ4n) is 1.82. The molecule has 3 N–H and O–H groups in total. The highest BCUT2D eigenvalue weighted by Gasteiger charge is 2.12. The highest BCUT2D eigenvalue weighted by molar-refractivity contribution is 5.90. The van der Waals surface area contributed by atoms with Gasteiger partial charge in [0.05, 0.1) is 16.9 Å². The fraction of sp³-hybridized carbons (Fsp3) is 0.0769. The molecule has 0 aliphatic rings. The lowest BCUT2D eigenvalue weighted by molar-refractivity contribution is 0.0696. The van der Waals surface area contributed by atoms with Gasteiger partial charge in [-0.25, -0.2) is 4.79 Å². The van der Waals surface area contributed by atoms with Crippen LogP contribution in [0.2, 0.25) is 0 Å². The highest BCUT2D eigenvalue weighted by atomic mass is 16.4. The van der Waals surface area contributed by atoms with Crippen LogP contribution >= 0.6 is 0 Å². The molecule has 2 aromatic rings. The summed E-state index contributed by atoms with van der Waals surface area (Å²) in [5, 5.41) is 9.05. The fourth-order valence-corrected chi connectivity index (χ4v) is 1.82. The van der Waals surface area contributed by atoms with Crippen molar-refractivity contribution < 1.29 is 9.90 Å². The van der Waals surface area contributed by atoms with Crippen LogP contribution in [0.1, 0.15) is 15.9 Å². The van der Waals surface area contributed by atoms with Crippen LogP contribution in [0.5, 0.6) is 0 Å². The Bertz CT molecular complexity index is 674. The Morgan fingerprint density at radius 1 is 1.28 bits per heavy atom. The van der Waals surface area contributed by atoms with Crippen molar-refractivity contribution in [3.05, 3.63) is 58.0 Å². The zero-order chi connectivity index (χ0) is 13.3. The van der Waals surface area contributed by atoms with Gasteiger partial charge < -0.3 is 10.8 Å². The highest BCUT2D eigenvalue weighted by Crippen LogP contribution is 2.17. The molecule has 1 aromatic carbocycles. The maximum Gasteiger partial charge on any atom is 0.336 e. The molecule has 0 radical (unpaired) electrons. The molecule has 0 fully saturated rings. The Morgan fingerprint density at radius 2 is 2.00 bits per heavy atom. The predicted octanol–water partition coefficient (Wildman–Crippen LogP) is 1.43. The molecule has 0 spiro atoms. The van der Waals surface area contributed by atoms with E-state index < -0.39 is 5.97 Å². The third-order valence-electron chi connectivity index (χ3n) is 2.77. The number of carboxylic acid groups (broad SMARTS) is 1. The second-order valence-corrected chi connectivity index (χ2v) is 3.89. The minimum atomic E-state index is -1.02. The summed E-state index contributed by atoms with van der Waals surface area (Å²) in [6.45, 7) is 1.66. The molecule has 1 heterocycles. The number of hydrogen-bond acceptors (Lipinski definition) is 3. The second kappa shape index (κ2) is 4.37. The van der Waals surface area contributed by atoms with Crippen molar-refractivity contribution in [2.75, 3.05) is 5.73 Å². The maximum atomic E-state index is 11.9. The maximum absolute atomic E-state index is 11.9. The van der Waals surface area contributed by atoms with E-state index in [1.807, 2.05) is 0 Å². The van der Waals surface area contributed by atoms with Crippen molar-refractivity contribution in [2.45, 2.75) is 6.92 Å². The molecule has 0 aliphatic carbocycles. The summed E-state index contributed by atoms with van der Waals surface area (Å²) < 4.78 is 1.34. The Morgan fingerprint density at radius 3 is 2.67 bits per heavy atom. The van der Waals surface area contributed by atoms with Crippen LogP contribution < -0.4 is 11.3 Å². The first-order chi connectivity index (χ1) is 8.52. The first kappa shape index (κ1) is 11.9. The third-order valence-corrected chi connectivity index (χ3v) is 2.77. The van der Waals surface area contributed by atoms with Gasteiger partial charge in [-0.15, -0.1) is 0 Å². The number of nitrogen functional groups attached to an aromatic ring is 1. The molecule has 2 rings (SSSR count). The van der Waals surface area contributed by atoms with E-state index in [0.29, 0.717) is 11.3 Å². The summed E-state index contributed by atoms with van der Waals surface area (Å²) in [6, 6.07) is 7.93. The Hall–Kier alpha value is -2.56. The van der Waals surface area contributed by atoms with Gasteiger partial charge in [0.2, 0.25) is 0 Å². The Balaban J connectivity index is 2.73. The number of nitrogens with two attached hydrogens (primary N) is 1. The molecule has 0 bridgehead atoms. The smallest absolute Gasteiger partial charge is 0.336 e. The van der Waals surface area contributed by atoms with E-state index in [4.69, 9.17) is 10.8 Å². The monoisotopic (exact) mass is 244 g/mol. The van der Waals surface area contributed by atoms with E-state index in [1.165, 1.54) is 16.7 Å². The van der Waals surface area contributed by atoms with E-state index in [9.17, 15) is 9.59 Å². The van der Waals surface area contributed by atoms with Crippen LogP contribution in [-0.2, 0) is 0 Å². The van der Waals surface area contributed by atoms with E-state index >= 15 is 0 Å². The zero-order valence-electron chi connectivity index (χ0n) is 9.75. The summed E-state index contributed by atoms with van der Waals surface area (Å²) in [4.78, 5) is 22.9. The lowest BCUT2D eigenvalue weighted by Crippen LogP contribution is -2.21. The van der Waals surface area contributed by atoms with Gasteiger partial charge in [-0.3, -0.25) is 9.36 Å². The summed E-state index contributed by atoms with van der Waals surface area (Å²) in [5.74, 6) is -1.02. The molecule has 0 saturated heterocycles. The quantitative estimate of drug-likeness (QED) is 0.836. The van der Waals surface area contributed by atoms with Gasteiger partial charge in [0.25, 0.3) is 5.56 Å². The van der Waals surface area contributed by atoms with Crippen LogP contribution in [-0.4, -0.2) is 15.6 Å². The lowest BCUT2D eigenvalue weighted by atomic mass is 10.1. The van der Waals surface area contributed by atoms with Gasteiger partial charge in [0.15, 0.2) is 0 Å². The number of nitrogens with zero attached hydrogens (tertiary/aromatic N) is 1. The molecule has 0 aliphatic heterocycles. The number of hydrogen-bond donors (Lipinski definition) is 2. The van der Waals surface area contributed by atoms with Crippen LogP contribution in [0, 0.1) is 6.92 Å². The molecular formula is C13H12N2O3. The lowest BCUT2D eigenvalue weighted by Gasteiger charge is -2.11. The average molecular weight is 244 g/mol. The number of aromatic carboxylic acids is 1. The van der Waals surface area contributed by atoms with Gasteiger partial charge >= 0.3 is 5.97 Å². The molecular weight excluding hydrogens is 232 g/mol. The number of carboxylic acids is 1. The molecule has 0 atom stereocenters. The molecule has 1 aromatic heterocycles. The summed E-state index contributed by atoms with van der Waals surface area (Å²) in [5.41, 5.74) is 6.54. The average Bonchev–Trinajstić information content (AvgIpc) is 2.33. The van der Waals surface area contributed by atoms with Crippen molar-refractivity contribution in [3.8, 4) is 5.69 Å². The number of pyridine rings is 1. The largest absolute Gasteiger partial charge is 0.478 e. The molecule has 0 saturated carbocycles. The van der Waals surface area contributed by atoms with E-state index in [0.717, 1.165) is 0 Å². The van der Waals surface area contributed by atoms with Gasteiger partial charge in [-0.2, -0.15) is 0 Å². The van der Waals surface area contributed by atoms with Crippen molar-refractivity contribution in [1.29, 1.82) is 0 Å². The molecule has 5 heteroatoms. The minimum Gasteiger partial charge on any atom is -0.478 e. The number of anilines is 1. The third kappa shape index (κ3) is 1.86. The van der Waals surface area contributed by atoms with Gasteiger partial charge in [0.1, 0.15) is 0 Å². The summed E-state index contributed by atoms with van der Waals surface area (Å²) in [7, 11) is 0. The predicted molar refractivity (Wildman–Crippen MR) is 68.1 cm³/mol. The van der Waals surface area contributed by atoms with E-state index in [1.54, 1.807) is 31.3 Å². The van der Waals surface area contributed by atoms with Crippen LogP contribution in [0.4, 0.5) is 5.69 Å². The number of rotatable bonds is 2. The normalized spacial score (nSPS) is 10.3. The second-order valence-electron chi connectivity index (χ2n) is 3.89. The summed E-state index contributed by atoms with van der Waals surface area (Å²) >= 11 is 0. The topological polar surface area (TPSA) is 85.3 Å². The first-order valence-corrected chi connectivity index (χ1v) is 5.33. The van der Waals surface area contributed by atoms with Gasteiger partial charge in [0, 0.05) is 6.20 Å². The summed E-state index contributed by atoms with van der Waals surface area (Å²) in [6.07, 6.45) is 1.56. The van der Waals surface area contributed by atoms with Crippen molar-refractivity contribution in [2.24, 2.45) is 0 Å². The van der Waals surface area contributed by atoms with Crippen molar-refractivity contribution in [1.82, 2.24) is 4.57 Å². The molecule has 0 amide bonds. The van der Waals surface area contributed by atoms with Crippen molar-refractivity contribution >= 4 is 11.7 Å². The SMILES string of the molecule is Cc1c(C(=O)O)cccc1-n1cccc(N)c1=O. The van der Waals surface area contributed by atoms with Crippen LogP contribution in [0.25, 0.3) is 5.69 Å².